The number of carbonyl (C=O) groups is 3. The van der Waals surface area contributed by atoms with E-state index in [0.717, 1.165) is 0 Å². The van der Waals surface area contributed by atoms with E-state index >= 15 is 0 Å². The highest BCUT2D eigenvalue weighted by atomic mass is 19.1. The van der Waals surface area contributed by atoms with E-state index in [1.807, 2.05) is 0 Å². The number of hydrogen-bond acceptors (Lipinski definition) is 4. The summed E-state index contributed by atoms with van der Waals surface area (Å²) in [6.45, 7) is 3.65. The van der Waals surface area contributed by atoms with Gasteiger partial charge in [0.15, 0.2) is 0 Å². The Bertz CT molecular complexity index is 837. The van der Waals surface area contributed by atoms with Crippen LogP contribution in [0.4, 0.5) is 10.1 Å². The van der Waals surface area contributed by atoms with Crippen molar-refractivity contribution in [2.75, 3.05) is 18.1 Å². The predicted molar refractivity (Wildman–Crippen MR) is 103 cm³/mol. The van der Waals surface area contributed by atoms with E-state index in [1.165, 1.54) is 17.9 Å². The highest BCUT2D eigenvalue weighted by Crippen LogP contribution is 2.17. The molecule has 6 nitrogen and oxygen atoms in total. The number of rotatable bonds is 8. The molecule has 2 aromatic rings. The molecule has 7 heteroatoms. The van der Waals surface area contributed by atoms with Gasteiger partial charge >= 0.3 is 5.97 Å². The van der Waals surface area contributed by atoms with Crippen molar-refractivity contribution in [3.05, 3.63) is 65.5 Å². The largest absolute Gasteiger partial charge is 0.462 e. The summed E-state index contributed by atoms with van der Waals surface area (Å²) >= 11 is 0. The second-order valence-electron chi connectivity index (χ2n) is 6.06. The third-order valence-electron chi connectivity index (χ3n) is 4.07. The van der Waals surface area contributed by atoms with Crippen molar-refractivity contribution in [2.24, 2.45) is 0 Å². The van der Waals surface area contributed by atoms with Gasteiger partial charge in [-0.3, -0.25) is 9.59 Å². The molecule has 2 rings (SSSR count). The zero-order valence-electron chi connectivity index (χ0n) is 15.9. The van der Waals surface area contributed by atoms with Crippen LogP contribution in [0.2, 0.25) is 0 Å². The summed E-state index contributed by atoms with van der Waals surface area (Å²) in [6.07, 6.45) is 0.0632. The van der Waals surface area contributed by atoms with Crippen molar-refractivity contribution >= 4 is 23.5 Å². The van der Waals surface area contributed by atoms with E-state index in [4.69, 9.17) is 4.74 Å². The molecular weight excluding hydrogens is 363 g/mol. The smallest absolute Gasteiger partial charge is 0.338 e. The third kappa shape index (κ3) is 5.90. The van der Waals surface area contributed by atoms with Gasteiger partial charge in [0.25, 0.3) is 0 Å². The van der Waals surface area contributed by atoms with Gasteiger partial charge in [-0.15, -0.1) is 0 Å². The number of amides is 2. The van der Waals surface area contributed by atoms with Crippen molar-refractivity contribution in [2.45, 2.75) is 26.8 Å². The molecule has 0 aromatic heterocycles. The maximum Gasteiger partial charge on any atom is 0.338 e. The molecular formula is C21H23FN2O4. The van der Waals surface area contributed by atoms with Crippen LogP contribution in [0, 0.1) is 5.82 Å². The average molecular weight is 386 g/mol. The van der Waals surface area contributed by atoms with E-state index in [9.17, 15) is 18.8 Å². The Balaban J connectivity index is 1.93. The highest BCUT2D eigenvalue weighted by molar-refractivity contribution is 5.94. The highest BCUT2D eigenvalue weighted by Gasteiger charge is 2.15. The molecule has 148 valence electrons. The average Bonchev–Trinajstić information content (AvgIpc) is 2.68. The van der Waals surface area contributed by atoms with Crippen molar-refractivity contribution < 1.29 is 23.5 Å². The second-order valence-corrected chi connectivity index (χ2v) is 6.06. The van der Waals surface area contributed by atoms with Gasteiger partial charge in [-0.1, -0.05) is 18.2 Å². The molecule has 0 radical (unpaired) electrons. The Kier molecular flexibility index (Phi) is 7.68. The molecule has 0 saturated heterocycles. The quantitative estimate of drug-likeness (QED) is 0.708. The maximum atomic E-state index is 13.6. The summed E-state index contributed by atoms with van der Waals surface area (Å²) in [4.78, 5) is 37.2. The lowest BCUT2D eigenvalue weighted by Gasteiger charge is -2.21. The first kappa shape index (κ1) is 21.1. The zero-order valence-corrected chi connectivity index (χ0v) is 15.9. The number of ether oxygens (including phenoxy) is 1. The number of halogens is 1. The summed E-state index contributed by atoms with van der Waals surface area (Å²) in [7, 11) is 0. The topological polar surface area (TPSA) is 75.7 Å². The van der Waals surface area contributed by atoms with Crippen LogP contribution in [0.1, 0.15) is 36.2 Å². The molecule has 0 aliphatic carbocycles. The molecule has 0 spiro atoms. The number of anilines is 1. The van der Waals surface area contributed by atoms with Crippen molar-refractivity contribution in [1.82, 2.24) is 5.32 Å². The molecule has 0 bridgehead atoms. The Morgan fingerprint density at radius 3 is 2.36 bits per heavy atom. The van der Waals surface area contributed by atoms with Gasteiger partial charge in [0.2, 0.25) is 11.8 Å². The summed E-state index contributed by atoms with van der Waals surface area (Å²) in [6, 6.07) is 12.6. The molecule has 1 N–H and O–H groups in total. The van der Waals surface area contributed by atoms with E-state index in [-0.39, 0.29) is 43.7 Å². The standard InChI is InChI=1S/C21H23FN2O4/c1-3-28-21(27)16-8-10-18(11-9-16)24(15(2)25)13-12-20(26)23-14-17-6-4-5-7-19(17)22/h4-11H,3,12-14H2,1-2H3,(H,23,26). The third-order valence-corrected chi connectivity index (χ3v) is 4.07. The van der Waals surface area contributed by atoms with Gasteiger partial charge in [0, 0.05) is 37.7 Å². The van der Waals surface area contributed by atoms with Crippen LogP contribution in [0.15, 0.2) is 48.5 Å². The molecule has 28 heavy (non-hydrogen) atoms. The van der Waals surface area contributed by atoms with Gasteiger partial charge in [-0.2, -0.15) is 0 Å². The molecule has 0 heterocycles. The lowest BCUT2D eigenvalue weighted by molar-refractivity contribution is -0.121. The van der Waals surface area contributed by atoms with Gasteiger partial charge in [0.05, 0.1) is 12.2 Å². The van der Waals surface area contributed by atoms with Crippen LogP contribution >= 0.6 is 0 Å². The summed E-state index contributed by atoms with van der Waals surface area (Å²) in [5.41, 5.74) is 1.35. The lowest BCUT2D eigenvalue weighted by atomic mass is 10.2. The summed E-state index contributed by atoms with van der Waals surface area (Å²) in [5.74, 6) is -1.34. The number of carbonyl (C=O) groups excluding carboxylic acids is 3. The van der Waals surface area contributed by atoms with Crippen molar-refractivity contribution in [1.29, 1.82) is 0 Å². The number of benzene rings is 2. The van der Waals surface area contributed by atoms with Crippen LogP contribution in [0.25, 0.3) is 0 Å². The first-order chi connectivity index (χ1) is 13.4. The molecule has 2 aromatic carbocycles. The normalized spacial score (nSPS) is 10.2. The summed E-state index contributed by atoms with van der Waals surface area (Å²) < 4.78 is 18.5. The van der Waals surface area contributed by atoms with E-state index in [2.05, 4.69) is 5.32 Å². The van der Waals surface area contributed by atoms with Crippen LogP contribution in [0.5, 0.6) is 0 Å². The molecule has 0 fully saturated rings. The monoisotopic (exact) mass is 386 g/mol. The van der Waals surface area contributed by atoms with E-state index < -0.39 is 5.97 Å². The predicted octanol–water partition coefficient (Wildman–Crippen LogP) is 3.06. The van der Waals surface area contributed by atoms with Crippen molar-refractivity contribution in [3.63, 3.8) is 0 Å². The minimum atomic E-state index is -0.434. The van der Waals surface area contributed by atoms with E-state index in [1.54, 1.807) is 49.4 Å². The van der Waals surface area contributed by atoms with Gasteiger partial charge in [-0.05, 0) is 37.3 Å². The maximum absolute atomic E-state index is 13.6. The fourth-order valence-electron chi connectivity index (χ4n) is 2.60. The van der Waals surface area contributed by atoms with Gasteiger partial charge in [-0.25, -0.2) is 9.18 Å². The molecule has 0 saturated carbocycles. The Morgan fingerprint density at radius 1 is 1.07 bits per heavy atom. The first-order valence-electron chi connectivity index (χ1n) is 8.97. The van der Waals surface area contributed by atoms with Crippen LogP contribution in [-0.4, -0.2) is 30.9 Å². The number of nitrogens with zero attached hydrogens (tertiary/aromatic N) is 1. The van der Waals surface area contributed by atoms with Crippen LogP contribution in [0.3, 0.4) is 0 Å². The molecule has 2 amide bonds. The Labute approximate surface area is 163 Å². The minimum absolute atomic E-state index is 0.0632. The summed E-state index contributed by atoms with van der Waals surface area (Å²) in [5, 5.41) is 2.65. The first-order valence-corrected chi connectivity index (χ1v) is 8.97. The molecule has 0 aliphatic rings. The Hall–Kier alpha value is -3.22. The fraction of sp³-hybridized carbons (Fsp3) is 0.286. The molecule has 0 atom stereocenters. The molecule has 0 unspecified atom stereocenters. The second kappa shape index (κ2) is 10.2. The number of hydrogen-bond donors (Lipinski definition) is 1. The van der Waals surface area contributed by atoms with E-state index in [0.29, 0.717) is 16.8 Å². The SMILES string of the molecule is CCOC(=O)c1ccc(N(CCC(=O)NCc2ccccc2F)C(C)=O)cc1. The zero-order chi connectivity index (χ0) is 20.5. The van der Waals surface area contributed by atoms with Crippen LogP contribution in [-0.2, 0) is 20.9 Å². The fourth-order valence-corrected chi connectivity index (χ4v) is 2.60. The number of esters is 1. The number of nitrogens with one attached hydrogen (secondary N) is 1. The van der Waals surface area contributed by atoms with Crippen molar-refractivity contribution in [3.8, 4) is 0 Å². The lowest BCUT2D eigenvalue weighted by Crippen LogP contribution is -2.33. The van der Waals surface area contributed by atoms with Gasteiger partial charge in [0.1, 0.15) is 5.82 Å². The van der Waals surface area contributed by atoms with Crippen LogP contribution < -0.4 is 10.2 Å². The minimum Gasteiger partial charge on any atom is -0.462 e. The van der Waals surface area contributed by atoms with Gasteiger partial charge < -0.3 is 15.0 Å². The Morgan fingerprint density at radius 2 is 1.75 bits per heavy atom. The molecule has 0 aliphatic heterocycles.